The first-order valence-electron chi connectivity index (χ1n) is 8.17. The van der Waals surface area contributed by atoms with E-state index in [0.717, 1.165) is 30.6 Å². The normalized spacial score (nSPS) is 23.4. The minimum Gasteiger partial charge on any atom is -0.396 e. The zero-order chi connectivity index (χ0) is 17.3. The fourth-order valence-corrected chi connectivity index (χ4v) is 3.62. The lowest BCUT2D eigenvalue weighted by Crippen LogP contribution is -2.44. The van der Waals surface area contributed by atoms with Crippen molar-refractivity contribution in [3.63, 3.8) is 0 Å². The summed E-state index contributed by atoms with van der Waals surface area (Å²) in [4.78, 5) is 12.7. The number of hydrogen-bond acceptors (Lipinski definition) is 3. The third-order valence-corrected chi connectivity index (χ3v) is 5.40. The zero-order valence-electron chi connectivity index (χ0n) is 13.9. The fraction of sp³-hybridized carbons (Fsp3) is 0.444. The van der Waals surface area contributed by atoms with Gasteiger partial charge in [0.1, 0.15) is 0 Å². The Bertz CT molecular complexity index is 758. The number of benzene rings is 1. The van der Waals surface area contributed by atoms with E-state index in [2.05, 4.69) is 10.4 Å². The van der Waals surface area contributed by atoms with Gasteiger partial charge in [0.15, 0.2) is 0 Å². The Morgan fingerprint density at radius 2 is 2.25 bits per heavy atom. The van der Waals surface area contributed by atoms with Crippen molar-refractivity contribution in [1.29, 1.82) is 0 Å². The minimum atomic E-state index is -0.248. The van der Waals surface area contributed by atoms with Crippen LogP contribution in [0.3, 0.4) is 0 Å². The van der Waals surface area contributed by atoms with Crippen molar-refractivity contribution < 1.29 is 9.90 Å². The first kappa shape index (κ1) is 17.0. The minimum absolute atomic E-state index is 0.0157. The van der Waals surface area contributed by atoms with Crippen molar-refractivity contribution in [2.75, 3.05) is 6.61 Å². The number of aliphatic hydroxyl groups excluding tert-OH is 1. The molecule has 3 rings (SSSR count). The summed E-state index contributed by atoms with van der Waals surface area (Å²) in [5.41, 5.74) is 1.77. The molecular formula is C18H22ClN3O2. The first-order chi connectivity index (χ1) is 11.5. The number of nitrogens with zero attached hydrogens (tertiary/aromatic N) is 2. The molecule has 2 atom stereocenters. The Kier molecular flexibility index (Phi) is 4.65. The van der Waals surface area contributed by atoms with Gasteiger partial charge in [-0.05, 0) is 31.9 Å². The maximum atomic E-state index is 12.7. The van der Waals surface area contributed by atoms with E-state index in [-0.39, 0.29) is 24.0 Å². The number of carbonyl (C=O) groups is 1. The molecule has 1 heterocycles. The van der Waals surface area contributed by atoms with E-state index >= 15 is 0 Å². The van der Waals surface area contributed by atoms with Gasteiger partial charge in [0, 0.05) is 11.5 Å². The average Bonchev–Trinajstić information content (AvgIpc) is 3.12. The standard InChI is InChI=1S/C18H22ClN3O2/c1-12-13(10-20-22(12)15-7-4-3-6-14(15)19)17(24)21-16-8-5-9-18(16,2)11-23/h3-4,6-7,10,16,23H,5,8-9,11H2,1-2H3,(H,21,24). The van der Waals surface area contributed by atoms with E-state index in [0.29, 0.717) is 10.6 Å². The second kappa shape index (κ2) is 6.57. The molecule has 1 amide bonds. The number of halogens is 1. The lowest BCUT2D eigenvalue weighted by molar-refractivity contribution is 0.0830. The molecule has 2 N–H and O–H groups in total. The van der Waals surface area contributed by atoms with E-state index in [4.69, 9.17) is 11.6 Å². The van der Waals surface area contributed by atoms with Crippen molar-refractivity contribution in [3.8, 4) is 5.69 Å². The third-order valence-electron chi connectivity index (χ3n) is 5.08. The van der Waals surface area contributed by atoms with Gasteiger partial charge in [-0.15, -0.1) is 0 Å². The molecule has 2 unspecified atom stereocenters. The van der Waals surface area contributed by atoms with Crippen LogP contribution in [0.4, 0.5) is 0 Å². The highest BCUT2D eigenvalue weighted by molar-refractivity contribution is 6.32. The molecule has 6 heteroatoms. The maximum absolute atomic E-state index is 12.7. The molecule has 1 aliphatic rings. The first-order valence-corrected chi connectivity index (χ1v) is 8.55. The molecular weight excluding hydrogens is 326 g/mol. The molecule has 1 aromatic heterocycles. The predicted molar refractivity (Wildman–Crippen MR) is 93.6 cm³/mol. The number of carbonyl (C=O) groups excluding carboxylic acids is 1. The van der Waals surface area contributed by atoms with Gasteiger partial charge in [0.25, 0.3) is 5.91 Å². The highest BCUT2D eigenvalue weighted by Gasteiger charge is 2.39. The summed E-state index contributed by atoms with van der Waals surface area (Å²) in [6.45, 7) is 3.95. The number of aliphatic hydroxyl groups is 1. The van der Waals surface area contributed by atoms with Gasteiger partial charge >= 0.3 is 0 Å². The predicted octanol–water partition coefficient (Wildman–Crippen LogP) is 3.12. The Hall–Kier alpha value is -1.85. The third kappa shape index (κ3) is 2.94. The van der Waals surface area contributed by atoms with Crippen LogP contribution in [0.25, 0.3) is 5.69 Å². The lowest BCUT2D eigenvalue weighted by Gasteiger charge is -2.30. The van der Waals surface area contributed by atoms with Crippen molar-refractivity contribution >= 4 is 17.5 Å². The molecule has 0 bridgehead atoms. The Morgan fingerprint density at radius 3 is 2.96 bits per heavy atom. The SMILES string of the molecule is Cc1c(C(=O)NC2CCCC2(C)CO)cnn1-c1ccccc1Cl. The number of para-hydroxylation sites is 1. The molecule has 128 valence electrons. The summed E-state index contributed by atoms with van der Waals surface area (Å²) >= 11 is 6.22. The highest BCUT2D eigenvalue weighted by atomic mass is 35.5. The van der Waals surface area contributed by atoms with Gasteiger partial charge < -0.3 is 10.4 Å². The number of hydrogen-bond donors (Lipinski definition) is 2. The second-order valence-corrected chi connectivity index (χ2v) is 7.14. The van der Waals surface area contributed by atoms with Crippen LogP contribution in [0.5, 0.6) is 0 Å². The molecule has 2 aromatic rings. The van der Waals surface area contributed by atoms with Gasteiger partial charge in [-0.2, -0.15) is 5.10 Å². The monoisotopic (exact) mass is 347 g/mol. The lowest BCUT2D eigenvalue weighted by atomic mass is 9.85. The number of amides is 1. The molecule has 5 nitrogen and oxygen atoms in total. The fourth-order valence-electron chi connectivity index (χ4n) is 3.40. The topological polar surface area (TPSA) is 67.2 Å². The zero-order valence-corrected chi connectivity index (χ0v) is 14.7. The van der Waals surface area contributed by atoms with Crippen molar-refractivity contribution in [2.45, 2.75) is 39.2 Å². The van der Waals surface area contributed by atoms with E-state index in [1.54, 1.807) is 16.9 Å². The van der Waals surface area contributed by atoms with Crippen LogP contribution in [0.15, 0.2) is 30.5 Å². The smallest absolute Gasteiger partial charge is 0.254 e. The number of aromatic nitrogens is 2. The van der Waals surface area contributed by atoms with Crippen LogP contribution >= 0.6 is 11.6 Å². The average molecular weight is 348 g/mol. The molecule has 24 heavy (non-hydrogen) atoms. The summed E-state index contributed by atoms with van der Waals surface area (Å²) in [5.74, 6) is -0.155. The van der Waals surface area contributed by atoms with E-state index in [9.17, 15) is 9.90 Å². The van der Waals surface area contributed by atoms with Crippen LogP contribution in [-0.2, 0) is 0 Å². The van der Waals surface area contributed by atoms with Crippen molar-refractivity contribution in [3.05, 3.63) is 46.7 Å². The number of rotatable bonds is 4. The molecule has 1 aromatic carbocycles. The van der Waals surface area contributed by atoms with E-state index < -0.39 is 0 Å². The highest BCUT2D eigenvalue weighted by Crippen LogP contribution is 2.37. The summed E-state index contributed by atoms with van der Waals surface area (Å²) in [6, 6.07) is 7.38. The summed E-state index contributed by atoms with van der Waals surface area (Å²) in [5, 5.41) is 17.6. The van der Waals surface area contributed by atoms with Gasteiger partial charge in [-0.1, -0.05) is 37.1 Å². The van der Waals surface area contributed by atoms with Crippen LogP contribution < -0.4 is 5.32 Å². The maximum Gasteiger partial charge on any atom is 0.254 e. The quantitative estimate of drug-likeness (QED) is 0.893. The Labute approximate surface area is 146 Å². The van der Waals surface area contributed by atoms with Crippen LogP contribution in [0.2, 0.25) is 5.02 Å². The van der Waals surface area contributed by atoms with Gasteiger partial charge in [0.05, 0.1) is 34.8 Å². The van der Waals surface area contributed by atoms with Crippen LogP contribution in [0.1, 0.15) is 42.2 Å². The molecule has 0 radical (unpaired) electrons. The van der Waals surface area contributed by atoms with E-state index in [1.807, 2.05) is 32.0 Å². The van der Waals surface area contributed by atoms with Crippen molar-refractivity contribution in [1.82, 2.24) is 15.1 Å². The molecule has 0 spiro atoms. The summed E-state index contributed by atoms with van der Waals surface area (Å²) in [6.07, 6.45) is 4.39. The summed E-state index contributed by atoms with van der Waals surface area (Å²) in [7, 11) is 0. The van der Waals surface area contributed by atoms with E-state index in [1.165, 1.54) is 0 Å². The second-order valence-electron chi connectivity index (χ2n) is 6.74. The largest absolute Gasteiger partial charge is 0.396 e. The van der Waals surface area contributed by atoms with Crippen LogP contribution in [-0.4, -0.2) is 33.4 Å². The number of nitrogens with one attached hydrogen (secondary N) is 1. The summed E-state index contributed by atoms with van der Waals surface area (Å²) < 4.78 is 1.68. The molecule has 0 saturated heterocycles. The van der Waals surface area contributed by atoms with Gasteiger partial charge in [0.2, 0.25) is 0 Å². The Morgan fingerprint density at radius 1 is 1.50 bits per heavy atom. The van der Waals surface area contributed by atoms with Gasteiger partial charge in [-0.25, -0.2) is 4.68 Å². The molecule has 1 saturated carbocycles. The van der Waals surface area contributed by atoms with Gasteiger partial charge in [-0.3, -0.25) is 4.79 Å². The molecule has 1 fully saturated rings. The van der Waals surface area contributed by atoms with Crippen LogP contribution in [0, 0.1) is 12.3 Å². The Balaban J connectivity index is 1.84. The molecule has 0 aliphatic heterocycles. The van der Waals surface area contributed by atoms with Crippen molar-refractivity contribution in [2.24, 2.45) is 5.41 Å². The molecule has 1 aliphatic carbocycles.